The number of hydrogen-bond acceptors (Lipinski definition) is 1. The molecule has 1 atom stereocenters. The van der Waals surface area contributed by atoms with E-state index in [0.29, 0.717) is 6.42 Å². The summed E-state index contributed by atoms with van der Waals surface area (Å²) in [5, 5.41) is 0. The minimum Gasteiger partial charge on any atom is -0.324 e. The first-order valence-electron chi connectivity index (χ1n) is 4.29. The maximum atomic E-state index is 6.00. The molecule has 2 N–H and O–H groups in total. The van der Waals surface area contributed by atoms with E-state index in [1.54, 1.807) is 0 Å². The van der Waals surface area contributed by atoms with E-state index in [1.807, 2.05) is 18.2 Å². The lowest BCUT2D eigenvalue weighted by molar-refractivity contribution is 0.665. The van der Waals surface area contributed by atoms with Gasteiger partial charge in [-0.05, 0) is 30.2 Å². The van der Waals surface area contributed by atoms with E-state index in [2.05, 4.69) is 37.8 Å². The van der Waals surface area contributed by atoms with Gasteiger partial charge in [0, 0.05) is 21.4 Å². The molecule has 74 valence electrons. The molecule has 0 saturated carbocycles. The van der Waals surface area contributed by atoms with E-state index in [-0.39, 0.29) is 6.04 Å². The zero-order valence-electron chi connectivity index (χ0n) is 7.63. The van der Waals surface area contributed by atoms with E-state index >= 15 is 0 Å². The van der Waals surface area contributed by atoms with Gasteiger partial charge in [0.15, 0.2) is 0 Å². The van der Waals surface area contributed by atoms with Gasteiger partial charge in [-0.2, -0.15) is 0 Å². The Balaban J connectivity index is 2.83. The molecule has 1 unspecified atom stereocenters. The minimum atomic E-state index is -0.00192. The monoisotopic (exact) mass is 315 g/mol. The topological polar surface area (TPSA) is 26.0 Å². The van der Waals surface area contributed by atoms with Crippen molar-refractivity contribution in [3.8, 4) is 12.3 Å². The lowest BCUT2D eigenvalue weighted by Crippen LogP contribution is -2.10. The van der Waals surface area contributed by atoms with Crippen LogP contribution in [0.2, 0.25) is 0 Å². The molecule has 0 radical (unpaired) electrons. The van der Waals surface area contributed by atoms with Crippen LogP contribution in [0.25, 0.3) is 0 Å². The Bertz CT molecular complexity index is 355. The highest BCUT2D eigenvalue weighted by Crippen LogP contribution is 2.27. The predicted molar refractivity (Wildman–Crippen MR) is 66.8 cm³/mol. The summed E-state index contributed by atoms with van der Waals surface area (Å²) < 4.78 is 2.07. The average Bonchev–Trinajstić information content (AvgIpc) is 2.18. The van der Waals surface area contributed by atoms with E-state index in [1.165, 1.54) is 0 Å². The van der Waals surface area contributed by atoms with Crippen LogP contribution in [0.4, 0.5) is 0 Å². The Labute approximate surface area is 101 Å². The summed E-state index contributed by atoms with van der Waals surface area (Å²) in [5.41, 5.74) is 7.10. The van der Waals surface area contributed by atoms with E-state index in [9.17, 15) is 0 Å². The highest BCUT2D eigenvalue weighted by molar-refractivity contribution is 9.11. The van der Waals surface area contributed by atoms with Gasteiger partial charge < -0.3 is 5.73 Å². The number of halogens is 2. The smallest absolute Gasteiger partial charge is 0.0315 e. The summed E-state index contributed by atoms with van der Waals surface area (Å²) in [6, 6.07) is 5.97. The molecule has 1 rings (SSSR count). The van der Waals surface area contributed by atoms with E-state index in [4.69, 9.17) is 12.2 Å². The second kappa shape index (κ2) is 5.55. The molecule has 0 fully saturated rings. The van der Waals surface area contributed by atoms with Gasteiger partial charge in [0.05, 0.1) is 0 Å². The Morgan fingerprint density at radius 1 is 1.43 bits per heavy atom. The summed E-state index contributed by atoms with van der Waals surface area (Å²) in [5.74, 6) is 2.60. The van der Waals surface area contributed by atoms with E-state index in [0.717, 1.165) is 20.9 Å². The fraction of sp³-hybridized carbons (Fsp3) is 0.273. The zero-order chi connectivity index (χ0) is 10.6. The summed E-state index contributed by atoms with van der Waals surface area (Å²) in [4.78, 5) is 0. The van der Waals surface area contributed by atoms with Crippen LogP contribution in [0, 0.1) is 12.3 Å². The Morgan fingerprint density at radius 2 is 2.14 bits per heavy atom. The molecule has 0 saturated heterocycles. The Hall–Kier alpha value is -0.300. The molecule has 0 aromatic heterocycles. The molecule has 0 aliphatic rings. The standard InChI is InChI=1S/C11H11Br2N/c1-2-3-4-11(14)9-7-8(12)5-6-10(9)13/h1,5-7,11H,3-4,14H2. The highest BCUT2D eigenvalue weighted by atomic mass is 79.9. The van der Waals surface area contributed by atoms with Crippen molar-refractivity contribution in [2.75, 3.05) is 0 Å². The number of rotatable bonds is 3. The maximum Gasteiger partial charge on any atom is 0.0315 e. The Kier molecular flexibility index (Phi) is 4.67. The molecular weight excluding hydrogens is 306 g/mol. The largest absolute Gasteiger partial charge is 0.324 e. The van der Waals surface area contributed by atoms with Crippen LogP contribution in [-0.2, 0) is 0 Å². The van der Waals surface area contributed by atoms with Gasteiger partial charge in [0.1, 0.15) is 0 Å². The number of nitrogens with two attached hydrogens (primary N) is 1. The molecule has 1 aromatic rings. The van der Waals surface area contributed by atoms with Crippen LogP contribution >= 0.6 is 31.9 Å². The van der Waals surface area contributed by atoms with Gasteiger partial charge in [-0.3, -0.25) is 0 Å². The first kappa shape index (κ1) is 11.8. The number of benzene rings is 1. The van der Waals surface area contributed by atoms with Crippen molar-refractivity contribution in [3.63, 3.8) is 0 Å². The van der Waals surface area contributed by atoms with Crippen molar-refractivity contribution in [2.45, 2.75) is 18.9 Å². The molecule has 0 heterocycles. The highest BCUT2D eigenvalue weighted by Gasteiger charge is 2.09. The van der Waals surface area contributed by atoms with Crippen molar-refractivity contribution in [2.24, 2.45) is 5.73 Å². The Morgan fingerprint density at radius 3 is 2.79 bits per heavy atom. The molecule has 3 heteroatoms. The summed E-state index contributed by atoms with van der Waals surface area (Å²) >= 11 is 6.89. The first-order valence-corrected chi connectivity index (χ1v) is 5.87. The quantitative estimate of drug-likeness (QED) is 0.847. The minimum absolute atomic E-state index is 0.00192. The summed E-state index contributed by atoms with van der Waals surface area (Å²) in [7, 11) is 0. The second-order valence-electron chi connectivity index (χ2n) is 3.02. The summed E-state index contributed by atoms with van der Waals surface area (Å²) in [6.45, 7) is 0. The van der Waals surface area contributed by atoms with Gasteiger partial charge in [0.25, 0.3) is 0 Å². The second-order valence-corrected chi connectivity index (χ2v) is 4.79. The fourth-order valence-electron chi connectivity index (χ4n) is 1.19. The zero-order valence-corrected chi connectivity index (χ0v) is 10.8. The molecule has 14 heavy (non-hydrogen) atoms. The van der Waals surface area contributed by atoms with Gasteiger partial charge in [-0.25, -0.2) is 0 Å². The van der Waals surface area contributed by atoms with Crippen molar-refractivity contribution < 1.29 is 0 Å². The van der Waals surface area contributed by atoms with Gasteiger partial charge in [-0.1, -0.05) is 31.9 Å². The van der Waals surface area contributed by atoms with Crippen LogP contribution in [0.15, 0.2) is 27.1 Å². The third-order valence-electron chi connectivity index (χ3n) is 1.96. The average molecular weight is 317 g/mol. The van der Waals surface area contributed by atoms with Crippen molar-refractivity contribution in [3.05, 3.63) is 32.7 Å². The molecule has 1 nitrogen and oxygen atoms in total. The molecule has 0 amide bonds. The van der Waals surface area contributed by atoms with Gasteiger partial charge in [0.2, 0.25) is 0 Å². The van der Waals surface area contributed by atoms with Crippen LogP contribution in [-0.4, -0.2) is 0 Å². The third kappa shape index (κ3) is 3.13. The van der Waals surface area contributed by atoms with Crippen molar-refractivity contribution in [1.82, 2.24) is 0 Å². The molecule has 0 spiro atoms. The van der Waals surface area contributed by atoms with Crippen LogP contribution in [0.1, 0.15) is 24.4 Å². The molecule has 1 aromatic carbocycles. The van der Waals surface area contributed by atoms with Crippen LogP contribution in [0.3, 0.4) is 0 Å². The van der Waals surface area contributed by atoms with Crippen LogP contribution in [0.5, 0.6) is 0 Å². The van der Waals surface area contributed by atoms with Crippen LogP contribution < -0.4 is 5.73 Å². The first-order chi connectivity index (χ1) is 6.65. The van der Waals surface area contributed by atoms with Crippen molar-refractivity contribution >= 4 is 31.9 Å². The molecular formula is C11H11Br2N. The van der Waals surface area contributed by atoms with Gasteiger partial charge >= 0.3 is 0 Å². The molecule has 0 aliphatic heterocycles. The van der Waals surface area contributed by atoms with E-state index < -0.39 is 0 Å². The van der Waals surface area contributed by atoms with Gasteiger partial charge in [-0.15, -0.1) is 12.3 Å². The predicted octanol–water partition coefficient (Wildman–Crippen LogP) is 3.62. The fourth-order valence-corrected chi connectivity index (χ4v) is 2.11. The third-order valence-corrected chi connectivity index (χ3v) is 3.17. The molecule has 0 bridgehead atoms. The lowest BCUT2D eigenvalue weighted by Gasteiger charge is -2.12. The van der Waals surface area contributed by atoms with Crippen molar-refractivity contribution in [1.29, 1.82) is 0 Å². The molecule has 0 aliphatic carbocycles. The number of terminal acetylenes is 1. The SMILES string of the molecule is C#CCCC(N)c1cc(Br)ccc1Br. The maximum absolute atomic E-state index is 6.00. The normalized spacial score (nSPS) is 12.1. The summed E-state index contributed by atoms with van der Waals surface area (Å²) in [6.07, 6.45) is 6.72. The number of hydrogen-bond donors (Lipinski definition) is 1. The lowest BCUT2D eigenvalue weighted by atomic mass is 10.0.